The molecule has 0 unspecified atom stereocenters. The molecule has 1 atom stereocenters. The highest BCUT2D eigenvalue weighted by molar-refractivity contribution is 6.31. The number of halogens is 1. The second kappa shape index (κ2) is 7.94. The zero-order valence-corrected chi connectivity index (χ0v) is 15.5. The van der Waals surface area contributed by atoms with E-state index in [1.807, 2.05) is 65.7 Å². The zero-order chi connectivity index (χ0) is 18.6. The maximum absolute atomic E-state index is 13.2. The van der Waals surface area contributed by atoms with Crippen molar-refractivity contribution < 1.29 is 9.53 Å². The number of nitrogens with zero attached hydrogens (tertiary/aromatic N) is 3. The first kappa shape index (κ1) is 17.8. The summed E-state index contributed by atoms with van der Waals surface area (Å²) in [6.45, 7) is 1.63. The van der Waals surface area contributed by atoms with Crippen LogP contribution in [-0.2, 0) is 11.2 Å². The van der Waals surface area contributed by atoms with E-state index < -0.39 is 0 Å². The molecule has 1 aliphatic heterocycles. The van der Waals surface area contributed by atoms with Gasteiger partial charge in [-0.25, -0.2) is 4.68 Å². The maximum Gasteiger partial charge on any atom is 0.256 e. The molecular weight excluding hydrogens is 362 g/mol. The average Bonchev–Trinajstić information content (AvgIpc) is 3.24. The highest BCUT2D eigenvalue weighted by atomic mass is 35.5. The minimum atomic E-state index is -0.0699. The predicted molar refractivity (Wildman–Crippen MR) is 104 cm³/mol. The van der Waals surface area contributed by atoms with Crippen LogP contribution in [0.5, 0.6) is 0 Å². The van der Waals surface area contributed by atoms with Gasteiger partial charge >= 0.3 is 0 Å². The number of rotatable bonds is 4. The fraction of sp³-hybridized carbons (Fsp3) is 0.238. The Kier molecular flexibility index (Phi) is 5.23. The van der Waals surface area contributed by atoms with Crippen LogP contribution in [0.3, 0.4) is 0 Å². The number of carbonyl (C=O) groups is 1. The molecule has 0 bridgehead atoms. The lowest BCUT2D eigenvalue weighted by Crippen LogP contribution is -2.46. The molecule has 1 aliphatic rings. The number of hydrogen-bond acceptors (Lipinski definition) is 3. The number of carbonyl (C=O) groups excluding carboxylic acids is 1. The van der Waals surface area contributed by atoms with Crippen LogP contribution >= 0.6 is 11.6 Å². The van der Waals surface area contributed by atoms with Crippen molar-refractivity contribution in [1.29, 1.82) is 0 Å². The molecule has 2 heterocycles. The number of ether oxygens (including phenoxy) is 1. The summed E-state index contributed by atoms with van der Waals surface area (Å²) < 4.78 is 7.60. The normalized spacial score (nSPS) is 17.1. The summed E-state index contributed by atoms with van der Waals surface area (Å²) in [6.07, 6.45) is 4.16. The SMILES string of the molecule is O=C(c1ccccc1-n1cccn1)N1CCO[C@H](Cc2ccccc2Cl)C1. The molecule has 0 radical (unpaired) electrons. The van der Waals surface area contributed by atoms with Crippen LogP contribution in [0.4, 0.5) is 0 Å². The van der Waals surface area contributed by atoms with Gasteiger partial charge in [0.15, 0.2) is 0 Å². The van der Waals surface area contributed by atoms with Crippen molar-refractivity contribution in [2.24, 2.45) is 0 Å². The van der Waals surface area contributed by atoms with Crippen molar-refractivity contribution in [2.45, 2.75) is 12.5 Å². The molecule has 27 heavy (non-hydrogen) atoms. The first-order valence-corrected chi connectivity index (χ1v) is 9.33. The molecule has 0 aliphatic carbocycles. The lowest BCUT2D eigenvalue weighted by molar-refractivity contribution is -0.0208. The third-order valence-electron chi connectivity index (χ3n) is 4.72. The molecule has 2 aromatic carbocycles. The van der Waals surface area contributed by atoms with E-state index in [-0.39, 0.29) is 12.0 Å². The van der Waals surface area contributed by atoms with E-state index in [1.165, 1.54) is 0 Å². The van der Waals surface area contributed by atoms with Gasteiger partial charge in [-0.1, -0.05) is 41.9 Å². The predicted octanol–water partition coefficient (Wildman–Crippen LogP) is 3.61. The quantitative estimate of drug-likeness (QED) is 0.693. The van der Waals surface area contributed by atoms with E-state index in [0.717, 1.165) is 16.3 Å². The maximum atomic E-state index is 13.2. The largest absolute Gasteiger partial charge is 0.374 e. The molecule has 6 heteroatoms. The summed E-state index contributed by atoms with van der Waals surface area (Å²) in [5.74, 6) is -0.00596. The smallest absolute Gasteiger partial charge is 0.256 e. The van der Waals surface area contributed by atoms with Gasteiger partial charge in [-0.15, -0.1) is 0 Å². The van der Waals surface area contributed by atoms with Gasteiger partial charge in [0, 0.05) is 36.9 Å². The molecule has 5 nitrogen and oxygen atoms in total. The third kappa shape index (κ3) is 3.89. The summed E-state index contributed by atoms with van der Waals surface area (Å²) in [7, 11) is 0. The number of amides is 1. The van der Waals surface area contributed by atoms with Crippen LogP contribution in [0.2, 0.25) is 5.02 Å². The van der Waals surface area contributed by atoms with Crippen molar-refractivity contribution >= 4 is 17.5 Å². The van der Waals surface area contributed by atoms with Gasteiger partial charge in [0.2, 0.25) is 0 Å². The van der Waals surface area contributed by atoms with Crippen LogP contribution in [0.15, 0.2) is 67.0 Å². The highest BCUT2D eigenvalue weighted by Crippen LogP contribution is 2.21. The molecule has 1 aromatic heterocycles. The number of para-hydroxylation sites is 1. The standard InChI is InChI=1S/C21H20ClN3O2/c22-19-8-3-1-6-16(19)14-17-15-24(12-13-27-17)21(26)18-7-2-4-9-20(18)25-11-5-10-23-25/h1-11,17H,12-15H2/t17-/m1/s1. The molecular formula is C21H20ClN3O2. The van der Waals surface area contributed by atoms with E-state index >= 15 is 0 Å². The van der Waals surface area contributed by atoms with Gasteiger partial charge < -0.3 is 9.64 Å². The van der Waals surface area contributed by atoms with Crippen LogP contribution in [0, 0.1) is 0 Å². The van der Waals surface area contributed by atoms with Gasteiger partial charge in [-0.3, -0.25) is 4.79 Å². The second-order valence-electron chi connectivity index (χ2n) is 6.51. The number of aromatic nitrogens is 2. The fourth-order valence-electron chi connectivity index (χ4n) is 3.37. The summed E-state index contributed by atoms with van der Waals surface area (Å²) in [5.41, 5.74) is 2.46. The molecule has 1 fully saturated rings. The minimum absolute atomic E-state index is 0.00596. The van der Waals surface area contributed by atoms with Crippen LogP contribution in [-0.4, -0.2) is 46.4 Å². The van der Waals surface area contributed by atoms with Crippen molar-refractivity contribution in [3.63, 3.8) is 0 Å². The number of benzene rings is 2. The summed E-state index contributed by atoms with van der Waals surface area (Å²) in [6, 6.07) is 17.1. The third-order valence-corrected chi connectivity index (χ3v) is 5.09. The Bertz CT molecular complexity index is 927. The summed E-state index contributed by atoms with van der Waals surface area (Å²) >= 11 is 6.27. The second-order valence-corrected chi connectivity index (χ2v) is 6.91. The monoisotopic (exact) mass is 381 g/mol. The van der Waals surface area contributed by atoms with Crippen LogP contribution < -0.4 is 0 Å². The molecule has 1 amide bonds. The fourth-order valence-corrected chi connectivity index (χ4v) is 3.59. The van der Waals surface area contributed by atoms with Gasteiger partial charge in [0.25, 0.3) is 5.91 Å². The topological polar surface area (TPSA) is 47.4 Å². The van der Waals surface area contributed by atoms with E-state index in [1.54, 1.807) is 10.9 Å². The zero-order valence-electron chi connectivity index (χ0n) is 14.8. The van der Waals surface area contributed by atoms with Crippen LogP contribution in [0.1, 0.15) is 15.9 Å². The van der Waals surface area contributed by atoms with E-state index in [2.05, 4.69) is 5.10 Å². The Morgan fingerprint density at radius 2 is 1.96 bits per heavy atom. The van der Waals surface area contributed by atoms with E-state index in [0.29, 0.717) is 31.7 Å². The Hall–Kier alpha value is -2.63. The molecule has 4 rings (SSSR count). The van der Waals surface area contributed by atoms with Crippen molar-refractivity contribution in [3.8, 4) is 5.69 Å². The van der Waals surface area contributed by atoms with Crippen molar-refractivity contribution in [1.82, 2.24) is 14.7 Å². The molecule has 1 saturated heterocycles. The Labute approximate surface area is 163 Å². The number of morpholine rings is 1. The average molecular weight is 382 g/mol. The Balaban J connectivity index is 1.52. The summed E-state index contributed by atoms with van der Waals surface area (Å²) in [4.78, 5) is 15.0. The first-order chi connectivity index (χ1) is 13.2. The van der Waals surface area contributed by atoms with Crippen molar-refractivity contribution in [3.05, 3.63) is 83.1 Å². The number of hydrogen-bond donors (Lipinski definition) is 0. The minimum Gasteiger partial charge on any atom is -0.374 e. The van der Waals surface area contributed by atoms with Gasteiger partial charge in [-0.2, -0.15) is 5.10 Å². The first-order valence-electron chi connectivity index (χ1n) is 8.95. The summed E-state index contributed by atoms with van der Waals surface area (Å²) in [5, 5.41) is 4.99. The van der Waals surface area contributed by atoms with E-state index in [4.69, 9.17) is 16.3 Å². The van der Waals surface area contributed by atoms with Gasteiger partial charge in [0.1, 0.15) is 0 Å². The Morgan fingerprint density at radius 3 is 2.78 bits per heavy atom. The molecule has 3 aromatic rings. The molecule has 0 spiro atoms. The van der Waals surface area contributed by atoms with Gasteiger partial charge in [-0.05, 0) is 29.8 Å². The Morgan fingerprint density at radius 1 is 1.15 bits per heavy atom. The highest BCUT2D eigenvalue weighted by Gasteiger charge is 2.27. The van der Waals surface area contributed by atoms with E-state index in [9.17, 15) is 4.79 Å². The van der Waals surface area contributed by atoms with Crippen LogP contribution in [0.25, 0.3) is 5.69 Å². The van der Waals surface area contributed by atoms with Crippen molar-refractivity contribution in [2.75, 3.05) is 19.7 Å². The molecule has 138 valence electrons. The van der Waals surface area contributed by atoms with Gasteiger partial charge in [0.05, 0.1) is 24.0 Å². The molecule has 0 saturated carbocycles. The lowest BCUT2D eigenvalue weighted by atomic mass is 10.1. The molecule has 0 N–H and O–H groups in total. The lowest BCUT2D eigenvalue weighted by Gasteiger charge is -2.33.